The molecule has 1 amide bonds. The normalized spacial score (nSPS) is 24.5. The third kappa shape index (κ3) is 3.17. The fourth-order valence-electron chi connectivity index (χ4n) is 1.89. The highest BCUT2D eigenvalue weighted by molar-refractivity contribution is 5.88. The van der Waals surface area contributed by atoms with E-state index < -0.39 is 35.7 Å². The Hall–Kier alpha value is -1.31. The number of rotatable bonds is 1. The van der Waals surface area contributed by atoms with Gasteiger partial charge in [-0.25, -0.2) is 4.79 Å². The maximum Gasteiger partial charge on any atom is 0.471 e. The Morgan fingerprint density at radius 2 is 1.79 bits per heavy atom. The van der Waals surface area contributed by atoms with Crippen LogP contribution >= 0.6 is 0 Å². The molecule has 0 radical (unpaired) electrons. The van der Waals surface area contributed by atoms with E-state index in [0.29, 0.717) is 4.90 Å². The van der Waals surface area contributed by atoms with Gasteiger partial charge in [-0.15, -0.1) is 0 Å². The second-order valence-corrected chi connectivity index (χ2v) is 5.30. The minimum Gasteiger partial charge on any atom is -0.467 e. The van der Waals surface area contributed by atoms with Gasteiger partial charge in [0.1, 0.15) is 6.23 Å². The molecule has 0 spiro atoms. The van der Waals surface area contributed by atoms with E-state index in [0.717, 1.165) is 7.11 Å². The lowest BCUT2D eigenvalue weighted by atomic mass is 9.93. The summed E-state index contributed by atoms with van der Waals surface area (Å²) in [6.07, 6.45) is -6.20. The quantitative estimate of drug-likeness (QED) is 0.681. The standard InChI is InChI=1S/C11H16F3NO4/c1-10(2,3)9-15(8(17)11(12,13)14)6(5-19-9)7(16)18-4/h6,9H,5H2,1-4H3/t6-,9+/m0/s1. The van der Waals surface area contributed by atoms with Crippen molar-refractivity contribution in [3.63, 3.8) is 0 Å². The van der Waals surface area contributed by atoms with Crippen molar-refractivity contribution in [1.82, 2.24) is 4.90 Å². The molecule has 0 unspecified atom stereocenters. The number of carbonyl (C=O) groups is 2. The fourth-order valence-corrected chi connectivity index (χ4v) is 1.89. The lowest BCUT2D eigenvalue weighted by Gasteiger charge is -2.35. The summed E-state index contributed by atoms with van der Waals surface area (Å²) in [6.45, 7) is 4.55. The summed E-state index contributed by atoms with van der Waals surface area (Å²) in [4.78, 5) is 23.4. The zero-order valence-electron chi connectivity index (χ0n) is 11.1. The van der Waals surface area contributed by atoms with Gasteiger partial charge in [-0.1, -0.05) is 20.8 Å². The van der Waals surface area contributed by atoms with Crippen molar-refractivity contribution in [3.05, 3.63) is 0 Å². The van der Waals surface area contributed by atoms with Crippen molar-refractivity contribution in [2.75, 3.05) is 13.7 Å². The van der Waals surface area contributed by atoms with Gasteiger partial charge in [-0.05, 0) is 0 Å². The molecule has 0 aromatic rings. The highest BCUT2D eigenvalue weighted by Gasteiger charge is 2.54. The van der Waals surface area contributed by atoms with Gasteiger partial charge in [0.25, 0.3) is 0 Å². The first-order valence-electron chi connectivity index (χ1n) is 5.59. The van der Waals surface area contributed by atoms with Crippen molar-refractivity contribution in [3.8, 4) is 0 Å². The Kier molecular flexibility index (Phi) is 4.14. The van der Waals surface area contributed by atoms with Gasteiger partial charge in [0, 0.05) is 5.41 Å². The van der Waals surface area contributed by atoms with Gasteiger partial charge in [0.2, 0.25) is 0 Å². The molecule has 0 saturated carbocycles. The van der Waals surface area contributed by atoms with E-state index in [4.69, 9.17) is 4.74 Å². The lowest BCUT2D eigenvalue weighted by Crippen LogP contribution is -2.54. The Morgan fingerprint density at radius 1 is 1.26 bits per heavy atom. The Morgan fingerprint density at radius 3 is 2.16 bits per heavy atom. The Balaban J connectivity index is 3.12. The van der Waals surface area contributed by atoms with Gasteiger partial charge >= 0.3 is 18.1 Å². The van der Waals surface area contributed by atoms with Crippen LogP contribution in [0.15, 0.2) is 0 Å². The molecule has 0 aromatic heterocycles. The largest absolute Gasteiger partial charge is 0.471 e. The summed E-state index contributed by atoms with van der Waals surface area (Å²) in [5.41, 5.74) is -0.760. The summed E-state index contributed by atoms with van der Waals surface area (Å²) >= 11 is 0. The van der Waals surface area contributed by atoms with E-state index in [9.17, 15) is 22.8 Å². The molecule has 2 atom stereocenters. The molecule has 1 aliphatic rings. The summed E-state index contributed by atoms with van der Waals surface area (Å²) in [6, 6.07) is -1.37. The van der Waals surface area contributed by atoms with Gasteiger partial charge in [-0.3, -0.25) is 9.69 Å². The average molecular weight is 283 g/mol. The molecule has 19 heavy (non-hydrogen) atoms. The molecule has 1 heterocycles. The van der Waals surface area contributed by atoms with Crippen LogP contribution in [0, 0.1) is 5.41 Å². The Bertz CT molecular complexity index is 375. The molecular formula is C11H16F3NO4. The number of esters is 1. The molecule has 1 fully saturated rings. The van der Waals surface area contributed by atoms with Gasteiger partial charge in [0.15, 0.2) is 6.04 Å². The van der Waals surface area contributed by atoms with Gasteiger partial charge in [-0.2, -0.15) is 13.2 Å². The van der Waals surface area contributed by atoms with E-state index >= 15 is 0 Å². The molecule has 8 heteroatoms. The highest BCUT2D eigenvalue weighted by atomic mass is 19.4. The molecule has 0 aliphatic carbocycles. The van der Waals surface area contributed by atoms with E-state index in [1.807, 2.05) is 0 Å². The number of carbonyl (C=O) groups excluding carboxylic acids is 2. The molecule has 0 bridgehead atoms. The molecule has 110 valence electrons. The molecule has 1 aliphatic heterocycles. The van der Waals surface area contributed by atoms with Crippen molar-refractivity contribution >= 4 is 11.9 Å². The van der Waals surface area contributed by atoms with Crippen molar-refractivity contribution in [1.29, 1.82) is 0 Å². The fraction of sp³-hybridized carbons (Fsp3) is 0.818. The molecule has 0 aromatic carbocycles. The van der Waals surface area contributed by atoms with Crippen LogP contribution in [0.2, 0.25) is 0 Å². The zero-order valence-corrected chi connectivity index (χ0v) is 11.1. The predicted octanol–water partition coefficient (Wildman–Crippen LogP) is 1.32. The van der Waals surface area contributed by atoms with Crippen LogP contribution in [-0.2, 0) is 19.1 Å². The summed E-state index contributed by atoms with van der Waals surface area (Å²) in [5, 5.41) is 0. The number of halogens is 3. The molecule has 5 nitrogen and oxygen atoms in total. The second kappa shape index (κ2) is 4.99. The average Bonchev–Trinajstić information content (AvgIpc) is 2.69. The molecule has 1 saturated heterocycles. The van der Waals surface area contributed by atoms with Crippen LogP contribution in [0.5, 0.6) is 0 Å². The second-order valence-electron chi connectivity index (χ2n) is 5.30. The highest BCUT2D eigenvalue weighted by Crippen LogP contribution is 2.35. The van der Waals surface area contributed by atoms with Gasteiger partial charge in [0.05, 0.1) is 13.7 Å². The van der Waals surface area contributed by atoms with Crippen molar-refractivity contribution in [2.45, 2.75) is 39.2 Å². The first-order chi connectivity index (χ1) is 8.50. The minimum absolute atomic E-state index is 0.309. The number of methoxy groups -OCH3 is 1. The van der Waals surface area contributed by atoms with Crippen molar-refractivity contribution < 1.29 is 32.2 Å². The number of hydrogen-bond acceptors (Lipinski definition) is 4. The number of nitrogens with zero attached hydrogens (tertiary/aromatic N) is 1. The molecule has 1 rings (SSSR count). The van der Waals surface area contributed by atoms with Crippen LogP contribution < -0.4 is 0 Å². The molecular weight excluding hydrogens is 267 g/mol. The van der Waals surface area contributed by atoms with Crippen LogP contribution in [0.1, 0.15) is 20.8 Å². The number of alkyl halides is 3. The van der Waals surface area contributed by atoms with E-state index in [2.05, 4.69) is 4.74 Å². The number of ether oxygens (including phenoxy) is 2. The smallest absolute Gasteiger partial charge is 0.467 e. The SMILES string of the molecule is COC(=O)[C@@H]1CO[C@H](C(C)(C)C)N1C(=O)C(F)(F)F. The lowest BCUT2D eigenvalue weighted by molar-refractivity contribution is -0.197. The summed E-state index contributed by atoms with van der Waals surface area (Å²) in [7, 11) is 1.04. The minimum atomic E-state index is -5.07. The van der Waals surface area contributed by atoms with Crippen LogP contribution in [0.4, 0.5) is 13.2 Å². The topological polar surface area (TPSA) is 55.8 Å². The van der Waals surface area contributed by atoms with Crippen LogP contribution in [0.3, 0.4) is 0 Å². The maximum absolute atomic E-state index is 12.6. The predicted molar refractivity (Wildman–Crippen MR) is 57.9 cm³/mol. The number of hydrogen-bond donors (Lipinski definition) is 0. The van der Waals surface area contributed by atoms with Crippen LogP contribution in [0.25, 0.3) is 0 Å². The zero-order chi connectivity index (χ0) is 15.0. The maximum atomic E-state index is 12.6. The van der Waals surface area contributed by atoms with Gasteiger partial charge < -0.3 is 9.47 Å². The Labute approximate surface area is 108 Å². The van der Waals surface area contributed by atoms with E-state index in [1.54, 1.807) is 20.8 Å². The van der Waals surface area contributed by atoms with E-state index in [-0.39, 0.29) is 6.61 Å². The van der Waals surface area contributed by atoms with Crippen molar-refractivity contribution in [2.24, 2.45) is 5.41 Å². The monoisotopic (exact) mass is 283 g/mol. The first kappa shape index (κ1) is 15.7. The first-order valence-corrected chi connectivity index (χ1v) is 5.59. The van der Waals surface area contributed by atoms with Crippen LogP contribution in [-0.4, -0.2) is 48.9 Å². The number of amides is 1. The third-order valence-corrected chi connectivity index (χ3v) is 2.69. The molecule has 0 N–H and O–H groups in total. The summed E-state index contributed by atoms with van der Waals surface area (Å²) in [5.74, 6) is -3.02. The summed E-state index contributed by atoms with van der Waals surface area (Å²) < 4.78 is 47.4. The van der Waals surface area contributed by atoms with E-state index in [1.165, 1.54) is 0 Å². The third-order valence-electron chi connectivity index (χ3n) is 2.69.